The van der Waals surface area contributed by atoms with Gasteiger partial charge < -0.3 is 20.3 Å². The highest BCUT2D eigenvalue weighted by Gasteiger charge is 2.23. The van der Waals surface area contributed by atoms with Crippen molar-refractivity contribution in [1.29, 1.82) is 0 Å². The molecule has 1 aromatic carbocycles. The van der Waals surface area contributed by atoms with E-state index in [1.807, 2.05) is 0 Å². The van der Waals surface area contributed by atoms with Crippen LogP contribution >= 0.6 is 11.6 Å². The van der Waals surface area contributed by atoms with E-state index in [0.717, 1.165) is 5.56 Å². The summed E-state index contributed by atoms with van der Waals surface area (Å²) in [5, 5.41) is 20.0. The Balaban J connectivity index is 2.54. The maximum absolute atomic E-state index is 11.5. The van der Waals surface area contributed by atoms with Crippen LogP contribution < -0.4 is 10.1 Å². The number of carbonyl (C=O) groups is 3. The van der Waals surface area contributed by atoms with Gasteiger partial charge in [0.15, 0.2) is 6.61 Å². The van der Waals surface area contributed by atoms with Crippen molar-refractivity contribution in [2.24, 2.45) is 0 Å². The second kappa shape index (κ2) is 7.49. The predicted molar refractivity (Wildman–Crippen MR) is 73.5 cm³/mol. The summed E-state index contributed by atoms with van der Waals surface area (Å²) in [5.41, 5.74) is 0.767. The fourth-order valence-electron chi connectivity index (χ4n) is 1.47. The first kappa shape index (κ1) is 16.8. The van der Waals surface area contributed by atoms with E-state index in [0.29, 0.717) is 10.8 Å². The van der Waals surface area contributed by atoms with Gasteiger partial charge in [0, 0.05) is 5.02 Å². The van der Waals surface area contributed by atoms with Crippen molar-refractivity contribution in [3.63, 3.8) is 0 Å². The highest BCUT2D eigenvalue weighted by molar-refractivity contribution is 6.31. The monoisotopic (exact) mass is 315 g/mol. The molecule has 0 aliphatic rings. The average Bonchev–Trinajstić information content (AvgIpc) is 2.38. The van der Waals surface area contributed by atoms with E-state index in [9.17, 15) is 14.4 Å². The molecule has 0 spiro atoms. The van der Waals surface area contributed by atoms with Gasteiger partial charge in [0.2, 0.25) is 0 Å². The maximum Gasteiger partial charge on any atom is 0.326 e. The Bertz CT molecular complexity index is 560. The Hall–Kier alpha value is -2.28. The lowest BCUT2D eigenvalue weighted by Crippen LogP contribution is -2.44. The summed E-state index contributed by atoms with van der Waals surface area (Å²) in [6.07, 6.45) is -0.707. The van der Waals surface area contributed by atoms with Gasteiger partial charge in [-0.1, -0.05) is 11.6 Å². The summed E-state index contributed by atoms with van der Waals surface area (Å²) >= 11 is 5.84. The molecule has 0 saturated heterocycles. The van der Waals surface area contributed by atoms with Crippen LogP contribution in [0.5, 0.6) is 5.75 Å². The van der Waals surface area contributed by atoms with Gasteiger partial charge in [-0.3, -0.25) is 9.59 Å². The second-order valence-corrected chi connectivity index (χ2v) is 4.66. The topological polar surface area (TPSA) is 113 Å². The number of carboxylic acids is 2. The van der Waals surface area contributed by atoms with Gasteiger partial charge in [-0.2, -0.15) is 0 Å². The molecule has 3 N–H and O–H groups in total. The van der Waals surface area contributed by atoms with Crippen molar-refractivity contribution in [1.82, 2.24) is 5.32 Å². The average molecular weight is 316 g/mol. The number of hydrogen-bond donors (Lipinski definition) is 3. The van der Waals surface area contributed by atoms with E-state index >= 15 is 0 Å². The van der Waals surface area contributed by atoms with Crippen LogP contribution in [0.3, 0.4) is 0 Å². The number of rotatable bonds is 7. The molecule has 1 aromatic rings. The molecule has 114 valence electrons. The van der Waals surface area contributed by atoms with Crippen molar-refractivity contribution >= 4 is 29.4 Å². The Kier molecular flexibility index (Phi) is 5.98. The van der Waals surface area contributed by atoms with Crippen molar-refractivity contribution in [2.45, 2.75) is 19.4 Å². The highest BCUT2D eigenvalue weighted by atomic mass is 35.5. The lowest BCUT2D eigenvalue weighted by atomic mass is 10.2. The van der Waals surface area contributed by atoms with Crippen LogP contribution in [0, 0.1) is 6.92 Å². The van der Waals surface area contributed by atoms with E-state index < -0.39 is 36.9 Å². The van der Waals surface area contributed by atoms with Gasteiger partial charge in [0.1, 0.15) is 11.8 Å². The number of benzene rings is 1. The van der Waals surface area contributed by atoms with Crippen LogP contribution in [0.1, 0.15) is 12.0 Å². The minimum Gasteiger partial charge on any atom is -0.484 e. The summed E-state index contributed by atoms with van der Waals surface area (Å²) in [5.74, 6) is -3.07. The van der Waals surface area contributed by atoms with Crippen LogP contribution in [-0.4, -0.2) is 40.7 Å². The first-order valence-electron chi connectivity index (χ1n) is 5.92. The third-order valence-corrected chi connectivity index (χ3v) is 2.94. The van der Waals surface area contributed by atoms with E-state index in [1.165, 1.54) is 0 Å². The van der Waals surface area contributed by atoms with E-state index in [4.69, 9.17) is 26.6 Å². The molecule has 1 amide bonds. The predicted octanol–water partition coefficient (Wildman–Crippen LogP) is 1.07. The first-order valence-corrected chi connectivity index (χ1v) is 6.30. The van der Waals surface area contributed by atoms with Crippen LogP contribution in [0.2, 0.25) is 5.02 Å². The van der Waals surface area contributed by atoms with Gasteiger partial charge in [0.05, 0.1) is 6.42 Å². The number of hydrogen-bond acceptors (Lipinski definition) is 4. The largest absolute Gasteiger partial charge is 0.484 e. The summed E-state index contributed by atoms with van der Waals surface area (Å²) in [7, 11) is 0. The zero-order chi connectivity index (χ0) is 16.0. The zero-order valence-corrected chi connectivity index (χ0v) is 11.9. The smallest absolute Gasteiger partial charge is 0.326 e. The summed E-state index contributed by atoms with van der Waals surface area (Å²) in [6, 6.07) is 3.30. The molecule has 1 unspecified atom stereocenters. The number of carbonyl (C=O) groups excluding carboxylic acids is 1. The van der Waals surface area contributed by atoms with Gasteiger partial charge in [-0.15, -0.1) is 0 Å². The fourth-order valence-corrected chi connectivity index (χ4v) is 1.58. The number of nitrogens with one attached hydrogen (secondary N) is 1. The fraction of sp³-hybridized carbons (Fsp3) is 0.308. The third kappa shape index (κ3) is 5.70. The molecule has 8 heteroatoms. The summed E-state index contributed by atoms with van der Waals surface area (Å²) in [4.78, 5) is 32.8. The summed E-state index contributed by atoms with van der Waals surface area (Å²) in [6.45, 7) is 1.34. The molecule has 1 rings (SSSR count). The lowest BCUT2D eigenvalue weighted by Gasteiger charge is -2.13. The quantitative estimate of drug-likeness (QED) is 0.693. The Labute approximate surface area is 125 Å². The van der Waals surface area contributed by atoms with Gasteiger partial charge in [-0.25, -0.2) is 4.79 Å². The SMILES string of the molecule is Cc1cc(OCC(=O)NC(CC(=O)O)C(=O)O)ccc1Cl. The van der Waals surface area contributed by atoms with E-state index in [2.05, 4.69) is 5.32 Å². The molecular formula is C13H14ClNO6. The van der Waals surface area contributed by atoms with Crippen LogP contribution in [0.25, 0.3) is 0 Å². The Morgan fingerprint density at radius 2 is 2.00 bits per heavy atom. The first-order chi connectivity index (χ1) is 9.79. The number of amides is 1. The van der Waals surface area contributed by atoms with Crippen molar-refractivity contribution in [3.05, 3.63) is 28.8 Å². The molecule has 0 saturated carbocycles. The lowest BCUT2D eigenvalue weighted by molar-refractivity contribution is -0.147. The van der Waals surface area contributed by atoms with Gasteiger partial charge in [-0.05, 0) is 30.7 Å². The van der Waals surface area contributed by atoms with Crippen LogP contribution in [-0.2, 0) is 14.4 Å². The normalized spacial score (nSPS) is 11.5. The molecule has 0 radical (unpaired) electrons. The molecule has 0 aliphatic carbocycles. The molecule has 0 heterocycles. The Morgan fingerprint density at radius 1 is 1.33 bits per heavy atom. The number of halogens is 1. The highest BCUT2D eigenvalue weighted by Crippen LogP contribution is 2.20. The van der Waals surface area contributed by atoms with Crippen LogP contribution in [0.4, 0.5) is 0 Å². The standard InChI is InChI=1S/C13H14ClNO6/c1-7-4-8(2-3-9(7)14)21-6-11(16)15-10(13(19)20)5-12(17)18/h2-4,10H,5-6H2,1H3,(H,15,16)(H,17,18)(H,19,20). The molecule has 7 nitrogen and oxygen atoms in total. The number of ether oxygens (including phenoxy) is 1. The van der Waals surface area contributed by atoms with E-state index in [-0.39, 0.29) is 0 Å². The van der Waals surface area contributed by atoms with Gasteiger partial charge in [0.25, 0.3) is 5.91 Å². The molecule has 0 aliphatic heterocycles. The van der Waals surface area contributed by atoms with Crippen LogP contribution in [0.15, 0.2) is 18.2 Å². The second-order valence-electron chi connectivity index (χ2n) is 4.26. The van der Waals surface area contributed by atoms with Crippen molar-refractivity contribution < 1.29 is 29.3 Å². The molecule has 1 atom stereocenters. The van der Waals surface area contributed by atoms with E-state index in [1.54, 1.807) is 25.1 Å². The minimum absolute atomic E-state index is 0.400. The molecule has 0 bridgehead atoms. The molecular weight excluding hydrogens is 302 g/mol. The minimum atomic E-state index is -1.49. The van der Waals surface area contributed by atoms with Gasteiger partial charge >= 0.3 is 11.9 Å². The number of aryl methyl sites for hydroxylation is 1. The Morgan fingerprint density at radius 3 is 2.52 bits per heavy atom. The number of aliphatic carboxylic acids is 2. The molecule has 0 fully saturated rings. The van der Waals surface area contributed by atoms with Crippen molar-refractivity contribution in [2.75, 3.05) is 6.61 Å². The van der Waals surface area contributed by atoms with Crippen molar-refractivity contribution in [3.8, 4) is 5.75 Å². The number of carboxylic acid groups (broad SMARTS) is 2. The molecule has 21 heavy (non-hydrogen) atoms. The maximum atomic E-state index is 11.5. The molecule has 0 aromatic heterocycles. The zero-order valence-electron chi connectivity index (χ0n) is 11.1. The third-order valence-electron chi connectivity index (χ3n) is 2.51. The summed E-state index contributed by atoms with van der Waals surface area (Å²) < 4.78 is 5.18.